The quantitative estimate of drug-likeness (QED) is 0.727. The van der Waals surface area contributed by atoms with Crippen LogP contribution in [0, 0.1) is 12.8 Å². The molecule has 140 valence electrons. The fourth-order valence-electron chi connectivity index (χ4n) is 3.79. The Labute approximate surface area is 158 Å². The van der Waals surface area contributed by atoms with Crippen molar-refractivity contribution in [2.24, 2.45) is 11.7 Å². The second-order valence-electron chi connectivity index (χ2n) is 7.67. The Hall–Kier alpha value is -1.53. The van der Waals surface area contributed by atoms with Crippen molar-refractivity contribution >= 4 is 13.8 Å². The van der Waals surface area contributed by atoms with Gasteiger partial charge in [-0.1, -0.05) is 18.5 Å². The van der Waals surface area contributed by atoms with Crippen molar-refractivity contribution in [2.45, 2.75) is 51.1 Å². The van der Waals surface area contributed by atoms with Crippen LogP contribution in [0.15, 0.2) is 18.2 Å². The zero-order chi connectivity index (χ0) is 18.5. The van der Waals surface area contributed by atoms with Gasteiger partial charge in [0, 0.05) is 19.0 Å². The molecule has 6 heteroatoms. The monoisotopic (exact) mass is 355 g/mol. The molecule has 1 aromatic carbocycles. The number of rotatable bonds is 7. The third kappa shape index (κ3) is 4.80. The van der Waals surface area contributed by atoms with E-state index in [4.69, 9.17) is 18.3 Å². The average Bonchev–Trinajstić information content (AvgIpc) is 2.60. The molecule has 2 fully saturated rings. The molecule has 0 aromatic heterocycles. The van der Waals surface area contributed by atoms with Crippen molar-refractivity contribution in [2.75, 3.05) is 26.2 Å². The van der Waals surface area contributed by atoms with Gasteiger partial charge in [-0.25, -0.2) is 0 Å². The molecular weight excluding hydrogens is 325 g/mol. The Balaban J connectivity index is 1.41. The summed E-state index contributed by atoms with van der Waals surface area (Å²) in [6.07, 6.45) is 4.42. The number of aryl methyl sites for hydroxylation is 2. The highest BCUT2D eigenvalue weighted by atomic mass is 16.5. The van der Waals surface area contributed by atoms with Gasteiger partial charge in [-0.05, 0) is 55.8 Å². The van der Waals surface area contributed by atoms with E-state index in [1.165, 1.54) is 5.56 Å². The van der Waals surface area contributed by atoms with Gasteiger partial charge in [-0.2, -0.15) is 0 Å². The van der Waals surface area contributed by atoms with Crippen LogP contribution in [0.5, 0.6) is 5.75 Å². The van der Waals surface area contributed by atoms with Crippen LogP contribution in [0.3, 0.4) is 0 Å². The number of benzene rings is 1. The molecule has 1 aromatic rings. The van der Waals surface area contributed by atoms with Gasteiger partial charge in [0.05, 0.1) is 20.9 Å². The molecule has 2 unspecified atom stereocenters. The third-order valence-electron chi connectivity index (χ3n) is 5.53. The fraction of sp³-hybridized carbons (Fsp3) is 0.650. The van der Waals surface area contributed by atoms with Crippen molar-refractivity contribution in [3.63, 3.8) is 0 Å². The molecule has 0 saturated carbocycles. The number of carbonyl (C=O) groups is 1. The molecule has 0 bridgehead atoms. The molecule has 2 saturated heterocycles. The lowest BCUT2D eigenvalue weighted by Gasteiger charge is -2.40. The third-order valence-corrected chi connectivity index (χ3v) is 5.53. The van der Waals surface area contributed by atoms with Crippen LogP contribution in [0.1, 0.15) is 30.4 Å². The van der Waals surface area contributed by atoms with E-state index in [-0.39, 0.29) is 12.0 Å². The SMILES string of the molecule is [B]CCc1ccc(OC2CN(C(=O)CC3CCC(CN)NC3)C2)c(C)c1. The molecule has 0 spiro atoms. The summed E-state index contributed by atoms with van der Waals surface area (Å²) in [6, 6.07) is 6.64. The summed E-state index contributed by atoms with van der Waals surface area (Å²) in [5.74, 6) is 1.59. The topological polar surface area (TPSA) is 67.6 Å². The Morgan fingerprint density at radius 2 is 2.19 bits per heavy atom. The lowest BCUT2D eigenvalue weighted by Crippen LogP contribution is -2.56. The Morgan fingerprint density at radius 1 is 1.38 bits per heavy atom. The molecule has 5 nitrogen and oxygen atoms in total. The summed E-state index contributed by atoms with van der Waals surface area (Å²) in [5, 5.41) is 3.43. The van der Waals surface area contributed by atoms with E-state index >= 15 is 0 Å². The van der Waals surface area contributed by atoms with Gasteiger partial charge in [0.15, 0.2) is 0 Å². The van der Waals surface area contributed by atoms with Gasteiger partial charge >= 0.3 is 0 Å². The number of carbonyl (C=O) groups excluding carboxylic acids is 1. The first-order valence-electron chi connectivity index (χ1n) is 9.76. The number of amides is 1. The van der Waals surface area contributed by atoms with Crippen LogP contribution in [-0.4, -0.2) is 57.0 Å². The van der Waals surface area contributed by atoms with Crippen LogP contribution in [0.25, 0.3) is 0 Å². The Morgan fingerprint density at radius 3 is 2.81 bits per heavy atom. The summed E-state index contributed by atoms with van der Waals surface area (Å²) < 4.78 is 6.06. The number of nitrogens with two attached hydrogens (primary N) is 1. The first kappa shape index (κ1) is 19.2. The summed E-state index contributed by atoms with van der Waals surface area (Å²) in [6.45, 7) is 5.01. The smallest absolute Gasteiger partial charge is 0.223 e. The number of ether oxygens (including phenoxy) is 1. The normalized spacial score (nSPS) is 23.5. The van der Waals surface area contributed by atoms with Gasteiger partial charge in [-0.15, -0.1) is 0 Å². The molecule has 2 heterocycles. The lowest BCUT2D eigenvalue weighted by molar-refractivity contribution is -0.141. The van der Waals surface area contributed by atoms with Crippen LogP contribution in [0.4, 0.5) is 0 Å². The predicted octanol–water partition coefficient (Wildman–Crippen LogP) is 1.43. The van der Waals surface area contributed by atoms with Gasteiger partial charge in [0.1, 0.15) is 11.9 Å². The van der Waals surface area contributed by atoms with Crippen molar-refractivity contribution < 1.29 is 9.53 Å². The van der Waals surface area contributed by atoms with E-state index < -0.39 is 0 Å². The van der Waals surface area contributed by atoms with Crippen molar-refractivity contribution in [1.82, 2.24) is 10.2 Å². The zero-order valence-corrected chi connectivity index (χ0v) is 15.7. The minimum Gasteiger partial charge on any atom is -0.486 e. The molecule has 26 heavy (non-hydrogen) atoms. The Kier molecular flexibility index (Phi) is 6.60. The van der Waals surface area contributed by atoms with Crippen molar-refractivity contribution in [1.29, 1.82) is 0 Å². The second kappa shape index (κ2) is 8.91. The maximum Gasteiger partial charge on any atom is 0.223 e. The highest BCUT2D eigenvalue weighted by Gasteiger charge is 2.34. The maximum absolute atomic E-state index is 12.4. The molecule has 2 atom stereocenters. The molecule has 2 aliphatic heterocycles. The van der Waals surface area contributed by atoms with E-state index in [1.54, 1.807) is 0 Å². The predicted molar refractivity (Wildman–Crippen MR) is 105 cm³/mol. The number of hydrogen-bond donors (Lipinski definition) is 2. The largest absolute Gasteiger partial charge is 0.486 e. The van der Waals surface area contributed by atoms with E-state index in [0.29, 0.717) is 44.3 Å². The van der Waals surface area contributed by atoms with E-state index in [2.05, 4.69) is 24.4 Å². The zero-order valence-electron chi connectivity index (χ0n) is 15.7. The van der Waals surface area contributed by atoms with E-state index in [1.807, 2.05) is 11.0 Å². The standard InChI is InChI=1S/C20H30BN3O2/c1-14-8-15(6-7-21)3-5-19(14)26-18-12-24(13-18)20(25)9-16-2-4-17(10-22)23-11-16/h3,5,8,16-18,23H,2,4,6-7,9-13,22H2,1H3. The minimum absolute atomic E-state index is 0.101. The second-order valence-corrected chi connectivity index (χ2v) is 7.67. The van der Waals surface area contributed by atoms with Gasteiger partial charge in [0.25, 0.3) is 0 Å². The summed E-state index contributed by atoms with van der Waals surface area (Å²) in [7, 11) is 5.61. The van der Waals surface area contributed by atoms with Crippen LogP contribution in [0.2, 0.25) is 6.32 Å². The van der Waals surface area contributed by atoms with Gasteiger partial charge in [0.2, 0.25) is 5.91 Å². The lowest BCUT2D eigenvalue weighted by atomic mass is 9.91. The molecule has 0 aliphatic carbocycles. The highest BCUT2D eigenvalue weighted by Crippen LogP contribution is 2.25. The molecule has 2 radical (unpaired) electrons. The van der Waals surface area contributed by atoms with Crippen LogP contribution < -0.4 is 15.8 Å². The molecule has 1 amide bonds. The van der Waals surface area contributed by atoms with E-state index in [0.717, 1.165) is 37.1 Å². The van der Waals surface area contributed by atoms with Gasteiger partial charge in [-0.3, -0.25) is 4.79 Å². The maximum atomic E-state index is 12.4. The first-order valence-corrected chi connectivity index (χ1v) is 9.76. The van der Waals surface area contributed by atoms with Crippen LogP contribution in [-0.2, 0) is 11.2 Å². The average molecular weight is 355 g/mol. The van der Waals surface area contributed by atoms with Crippen LogP contribution >= 0.6 is 0 Å². The summed E-state index contributed by atoms with van der Waals surface area (Å²) >= 11 is 0. The number of nitrogens with zero attached hydrogens (tertiary/aromatic N) is 1. The number of hydrogen-bond acceptors (Lipinski definition) is 4. The molecule has 3 N–H and O–H groups in total. The molecule has 3 rings (SSSR count). The Bertz CT molecular complexity index is 611. The summed E-state index contributed by atoms with van der Waals surface area (Å²) in [4.78, 5) is 14.3. The molecule has 2 aliphatic rings. The summed E-state index contributed by atoms with van der Waals surface area (Å²) in [5.41, 5.74) is 8.05. The molecular formula is C20H30BN3O2. The number of likely N-dealkylation sites (tertiary alicyclic amines) is 1. The first-order chi connectivity index (χ1) is 12.6. The van der Waals surface area contributed by atoms with Gasteiger partial charge < -0.3 is 20.7 Å². The van der Waals surface area contributed by atoms with E-state index in [9.17, 15) is 4.79 Å². The number of nitrogens with one attached hydrogen (secondary N) is 1. The fourth-order valence-corrected chi connectivity index (χ4v) is 3.79. The minimum atomic E-state index is 0.101. The highest BCUT2D eigenvalue weighted by molar-refractivity contribution is 6.08. The van der Waals surface area contributed by atoms with Crippen molar-refractivity contribution in [3.05, 3.63) is 29.3 Å². The van der Waals surface area contributed by atoms with Crippen molar-refractivity contribution in [3.8, 4) is 5.75 Å². The number of piperidine rings is 1.